The third-order valence-corrected chi connectivity index (χ3v) is 4.76. The van der Waals surface area contributed by atoms with Gasteiger partial charge in [-0.2, -0.15) is 5.10 Å². The molecule has 166 valence electrons. The van der Waals surface area contributed by atoms with E-state index in [-0.39, 0.29) is 0 Å². The number of rotatable bonds is 5. The van der Waals surface area contributed by atoms with Gasteiger partial charge in [0.05, 0.1) is 19.9 Å². The first kappa shape index (κ1) is 22.4. The van der Waals surface area contributed by atoms with E-state index >= 15 is 0 Å². The lowest BCUT2D eigenvalue weighted by atomic mass is 9.94. The van der Waals surface area contributed by atoms with E-state index in [9.17, 15) is 9.90 Å². The molecule has 0 fully saturated rings. The van der Waals surface area contributed by atoms with Gasteiger partial charge in [-0.1, -0.05) is 24.3 Å². The largest absolute Gasteiger partial charge is 0.493 e. The Bertz CT molecular complexity index is 980. The Morgan fingerprint density at radius 3 is 2.32 bits per heavy atom. The molecule has 0 bridgehead atoms. The number of carbonyl (C=O) groups excluding carboxylic acids is 1. The number of nitrogens with zero attached hydrogens (tertiary/aromatic N) is 2. The number of hydrogen-bond acceptors (Lipinski definition) is 7. The summed E-state index contributed by atoms with van der Waals surface area (Å²) in [6, 6.07) is 11.3. The van der Waals surface area contributed by atoms with E-state index in [1.807, 2.05) is 51.1 Å². The summed E-state index contributed by atoms with van der Waals surface area (Å²) in [5.41, 5.74) is 3.40. The smallest absolute Gasteiger partial charge is 0.407 e. The highest BCUT2D eigenvalue weighted by molar-refractivity contribution is 6.14. The fraction of sp³-hybridized carbons (Fsp3) is 0.391. The van der Waals surface area contributed by atoms with Gasteiger partial charge in [0.15, 0.2) is 17.7 Å². The Labute approximate surface area is 182 Å². The fourth-order valence-corrected chi connectivity index (χ4v) is 3.26. The molecule has 2 N–H and O–H groups in total. The Morgan fingerprint density at radius 1 is 1.13 bits per heavy atom. The van der Waals surface area contributed by atoms with E-state index in [4.69, 9.17) is 14.2 Å². The molecule has 0 aliphatic carbocycles. The highest BCUT2D eigenvalue weighted by Gasteiger charge is 2.28. The van der Waals surface area contributed by atoms with E-state index in [0.29, 0.717) is 29.3 Å². The predicted molar refractivity (Wildman–Crippen MR) is 117 cm³/mol. The van der Waals surface area contributed by atoms with E-state index in [0.717, 1.165) is 16.7 Å². The number of alkyl carbamates (subject to hydrolysis) is 1. The van der Waals surface area contributed by atoms with Crippen molar-refractivity contribution in [3.63, 3.8) is 0 Å². The number of amides is 1. The molecule has 1 aliphatic heterocycles. The number of hydrazone groups is 1. The maximum Gasteiger partial charge on any atom is 0.407 e. The minimum absolute atomic E-state index is 0.349. The van der Waals surface area contributed by atoms with Crippen molar-refractivity contribution in [3.05, 3.63) is 58.7 Å². The number of aliphatic hydroxyl groups is 1. The first-order valence-electron chi connectivity index (χ1n) is 9.95. The van der Waals surface area contributed by atoms with Crippen molar-refractivity contribution in [1.29, 1.82) is 0 Å². The normalized spacial score (nSPS) is 15.6. The minimum Gasteiger partial charge on any atom is -0.493 e. The number of benzene rings is 2. The maximum absolute atomic E-state index is 11.9. The van der Waals surface area contributed by atoms with Gasteiger partial charge in [0, 0.05) is 30.3 Å². The lowest BCUT2D eigenvalue weighted by Gasteiger charge is -2.30. The summed E-state index contributed by atoms with van der Waals surface area (Å²) in [5, 5.41) is 19.4. The van der Waals surface area contributed by atoms with E-state index in [1.165, 1.54) is 5.01 Å². The van der Waals surface area contributed by atoms with Crippen LogP contribution in [0.5, 0.6) is 11.5 Å². The van der Waals surface area contributed by atoms with Gasteiger partial charge >= 0.3 is 6.09 Å². The van der Waals surface area contributed by atoms with Crippen LogP contribution in [0.4, 0.5) is 4.79 Å². The summed E-state index contributed by atoms with van der Waals surface area (Å²) in [6.45, 7) is 5.82. The zero-order valence-corrected chi connectivity index (χ0v) is 18.7. The number of aliphatic hydroxyl groups excluding tert-OH is 1. The van der Waals surface area contributed by atoms with Crippen molar-refractivity contribution in [2.75, 3.05) is 21.3 Å². The molecule has 1 heterocycles. The molecule has 1 aliphatic rings. The maximum atomic E-state index is 11.9. The van der Waals surface area contributed by atoms with Crippen molar-refractivity contribution in [3.8, 4) is 11.5 Å². The third-order valence-electron chi connectivity index (χ3n) is 4.76. The van der Waals surface area contributed by atoms with Crippen molar-refractivity contribution >= 4 is 11.8 Å². The van der Waals surface area contributed by atoms with Crippen LogP contribution >= 0.6 is 0 Å². The van der Waals surface area contributed by atoms with Crippen LogP contribution < -0.4 is 14.8 Å². The minimum atomic E-state index is -0.893. The molecule has 8 heteroatoms. The highest BCUT2D eigenvalue weighted by atomic mass is 16.6. The topological polar surface area (TPSA) is 92.6 Å². The molecule has 0 radical (unpaired) electrons. The summed E-state index contributed by atoms with van der Waals surface area (Å²) >= 11 is 0. The number of methoxy groups -OCH3 is 2. The molecular weight excluding hydrogens is 398 g/mol. The van der Waals surface area contributed by atoms with Gasteiger partial charge in [-0.25, -0.2) is 4.79 Å². The molecule has 1 unspecified atom stereocenters. The van der Waals surface area contributed by atoms with Crippen molar-refractivity contribution < 1.29 is 24.1 Å². The van der Waals surface area contributed by atoms with Crippen LogP contribution in [0.15, 0.2) is 41.5 Å². The molecule has 2 aromatic carbocycles. The van der Waals surface area contributed by atoms with Crippen LogP contribution in [-0.2, 0) is 11.3 Å². The highest BCUT2D eigenvalue weighted by Crippen LogP contribution is 2.37. The van der Waals surface area contributed by atoms with Crippen LogP contribution in [0.2, 0.25) is 0 Å². The first-order chi connectivity index (χ1) is 14.6. The second kappa shape index (κ2) is 8.85. The SMILES string of the molecule is COc1cc2c(cc1OC)C(O)N(C)N=C2c1ccc(CNC(=O)OC(C)(C)C)cc1. The van der Waals surface area contributed by atoms with E-state index in [1.54, 1.807) is 27.3 Å². The van der Waals surface area contributed by atoms with Gasteiger partial charge in [-0.3, -0.25) is 5.01 Å². The summed E-state index contributed by atoms with van der Waals surface area (Å²) in [7, 11) is 4.84. The van der Waals surface area contributed by atoms with Gasteiger partial charge in [0.2, 0.25) is 0 Å². The first-order valence-corrected chi connectivity index (χ1v) is 9.95. The third kappa shape index (κ3) is 5.08. The summed E-state index contributed by atoms with van der Waals surface area (Å²) in [4.78, 5) is 11.9. The quantitative estimate of drug-likeness (QED) is 0.760. The monoisotopic (exact) mass is 427 g/mol. The Kier molecular flexibility index (Phi) is 6.40. The van der Waals surface area contributed by atoms with Crippen LogP contribution in [0.25, 0.3) is 0 Å². The zero-order valence-electron chi connectivity index (χ0n) is 18.7. The number of carbonyl (C=O) groups is 1. The van der Waals surface area contributed by atoms with Crippen LogP contribution in [-0.4, -0.2) is 48.8 Å². The second-order valence-electron chi connectivity index (χ2n) is 8.24. The lowest BCUT2D eigenvalue weighted by molar-refractivity contribution is 0.0196. The average molecular weight is 428 g/mol. The second-order valence-corrected chi connectivity index (χ2v) is 8.24. The lowest BCUT2D eigenvalue weighted by Crippen LogP contribution is -2.32. The Hall–Kier alpha value is -3.26. The molecule has 2 aromatic rings. The molecule has 0 aromatic heterocycles. The van der Waals surface area contributed by atoms with Gasteiger partial charge in [-0.05, 0) is 38.5 Å². The molecule has 0 spiro atoms. The summed E-state index contributed by atoms with van der Waals surface area (Å²) < 4.78 is 16.1. The summed E-state index contributed by atoms with van der Waals surface area (Å²) in [5.74, 6) is 1.10. The molecular formula is C23H29N3O5. The number of fused-ring (bicyclic) bond motifs is 1. The standard InChI is InChI=1S/C23H29N3O5/c1-23(2,3)31-22(28)24-13-14-7-9-15(10-8-14)20-16-11-18(29-5)19(30-6)12-17(16)21(27)26(4)25-20/h7-12,21,27H,13H2,1-6H3,(H,24,28). The molecule has 1 amide bonds. The molecule has 1 atom stereocenters. The van der Waals surface area contributed by atoms with E-state index < -0.39 is 17.9 Å². The number of ether oxygens (including phenoxy) is 3. The van der Waals surface area contributed by atoms with Crippen molar-refractivity contribution in [1.82, 2.24) is 10.3 Å². The number of nitrogens with one attached hydrogen (secondary N) is 1. The zero-order chi connectivity index (χ0) is 22.8. The van der Waals surface area contributed by atoms with Crippen molar-refractivity contribution in [2.45, 2.75) is 39.1 Å². The fourth-order valence-electron chi connectivity index (χ4n) is 3.26. The van der Waals surface area contributed by atoms with Crippen LogP contribution in [0.1, 0.15) is 49.3 Å². The molecule has 3 rings (SSSR count). The van der Waals surface area contributed by atoms with Crippen LogP contribution in [0, 0.1) is 0 Å². The van der Waals surface area contributed by atoms with Crippen molar-refractivity contribution in [2.24, 2.45) is 5.10 Å². The van der Waals surface area contributed by atoms with Gasteiger partial charge in [-0.15, -0.1) is 0 Å². The number of hydrogen-bond donors (Lipinski definition) is 2. The molecule has 31 heavy (non-hydrogen) atoms. The average Bonchev–Trinajstić information content (AvgIpc) is 2.73. The predicted octanol–water partition coefficient (Wildman–Crippen LogP) is 3.42. The molecule has 0 saturated heterocycles. The van der Waals surface area contributed by atoms with Crippen LogP contribution in [0.3, 0.4) is 0 Å². The van der Waals surface area contributed by atoms with E-state index in [2.05, 4.69) is 10.4 Å². The van der Waals surface area contributed by atoms with Gasteiger partial charge in [0.25, 0.3) is 0 Å². The molecule has 8 nitrogen and oxygen atoms in total. The molecule has 0 saturated carbocycles. The Morgan fingerprint density at radius 2 is 1.74 bits per heavy atom. The Balaban J connectivity index is 1.85. The van der Waals surface area contributed by atoms with Gasteiger partial charge in [0.1, 0.15) is 5.60 Å². The summed E-state index contributed by atoms with van der Waals surface area (Å²) in [6.07, 6.45) is -1.35. The van der Waals surface area contributed by atoms with Gasteiger partial charge < -0.3 is 24.6 Å².